The highest BCUT2D eigenvalue weighted by molar-refractivity contribution is 5.99. The lowest BCUT2D eigenvalue weighted by atomic mass is 9.90. The SMILES string of the molecule is O=C(c1cccnc1N1CCCC1)N1CCC(Cc2ccccc2)CC1. The van der Waals surface area contributed by atoms with Crippen LogP contribution in [0.1, 0.15) is 41.6 Å². The molecule has 2 saturated heterocycles. The van der Waals surface area contributed by atoms with Gasteiger partial charge in [0.1, 0.15) is 5.82 Å². The summed E-state index contributed by atoms with van der Waals surface area (Å²) >= 11 is 0. The summed E-state index contributed by atoms with van der Waals surface area (Å²) in [4.78, 5) is 21.9. The summed E-state index contributed by atoms with van der Waals surface area (Å²) in [6, 6.07) is 14.5. The third kappa shape index (κ3) is 3.74. The second-order valence-corrected chi connectivity index (χ2v) is 7.49. The van der Waals surface area contributed by atoms with Crippen molar-refractivity contribution in [3.63, 3.8) is 0 Å². The Balaban J connectivity index is 1.39. The highest BCUT2D eigenvalue weighted by Gasteiger charge is 2.27. The summed E-state index contributed by atoms with van der Waals surface area (Å²) in [6.45, 7) is 3.72. The van der Waals surface area contributed by atoms with Crippen molar-refractivity contribution in [3.05, 3.63) is 59.8 Å². The first-order valence-electron chi connectivity index (χ1n) is 9.84. The van der Waals surface area contributed by atoms with E-state index in [0.717, 1.165) is 56.8 Å². The van der Waals surface area contributed by atoms with Crippen LogP contribution < -0.4 is 4.90 Å². The number of hydrogen-bond donors (Lipinski definition) is 0. The molecule has 1 aromatic carbocycles. The number of piperidine rings is 1. The molecule has 0 spiro atoms. The van der Waals surface area contributed by atoms with Gasteiger partial charge in [0.05, 0.1) is 5.56 Å². The van der Waals surface area contributed by atoms with Gasteiger partial charge in [-0.2, -0.15) is 0 Å². The summed E-state index contributed by atoms with van der Waals surface area (Å²) in [5, 5.41) is 0. The molecule has 3 heterocycles. The third-order valence-electron chi connectivity index (χ3n) is 5.69. The molecular weight excluding hydrogens is 322 g/mol. The molecule has 136 valence electrons. The fourth-order valence-electron chi connectivity index (χ4n) is 4.20. The van der Waals surface area contributed by atoms with E-state index in [4.69, 9.17) is 0 Å². The minimum absolute atomic E-state index is 0.151. The molecule has 0 bridgehead atoms. The molecule has 4 nitrogen and oxygen atoms in total. The Hall–Kier alpha value is -2.36. The first-order chi connectivity index (χ1) is 12.8. The van der Waals surface area contributed by atoms with E-state index in [1.165, 1.54) is 18.4 Å². The molecule has 2 aliphatic rings. The zero-order chi connectivity index (χ0) is 17.8. The van der Waals surface area contributed by atoms with Gasteiger partial charge in [0.15, 0.2) is 0 Å². The molecule has 1 amide bonds. The van der Waals surface area contributed by atoms with E-state index in [0.29, 0.717) is 5.92 Å². The largest absolute Gasteiger partial charge is 0.356 e. The molecule has 4 rings (SSSR count). The minimum atomic E-state index is 0.151. The Kier molecular flexibility index (Phi) is 5.19. The molecule has 0 N–H and O–H groups in total. The van der Waals surface area contributed by atoms with Crippen molar-refractivity contribution >= 4 is 11.7 Å². The van der Waals surface area contributed by atoms with Crippen molar-refractivity contribution in [1.29, 1.82) is 0 Å². The number of rotatable bonds is 4. The molecule has 2 fully saturated rings. The van der Waals surface area contributed by atoms with Crippen molar-refractivity contribution in [2.24, 2.45) is 5.92 Å². The summed E-state index contributed by atoms with van der Waals surface area (Å²) in [5.41, 5.74) is 2.18. The monoisotopic (exact) mass is 349 g/mol. The van der Waals surface area contributed by atoms with E-state index < -0.39 is 0 Å². The number of amides is 1. The number of carbonyl (C=O) groups is 1. The van der Waals surface area contributed by atoms with E-state index in [2.05, 4.69) is 40.2 Å². The molecule has 2 aliphatic heterocycles. The van der Waals surface area contributed by atoms with E-state index >= 15 is 0 Å². The fraction of sp³-hybridized carbons (Fsp3) is 0.455. The normalized spacial score (nSPS) is 18.3. The highest BCUT2D eigenvalue weighted by atomic mass is 16.2. The number of carbonyl (C=O) groups excluding carboxylic acids is 1. The molecule has 4 heteroatoms. The van der Waals surface area contributed by atoms with Gasteiger partial charge in [-0.3, -0.25) is 4.79 Å². The van der Waals surface area contributed by atoms with Crippen molar-refractivity contribution in [1.82, 2.24) is 9.88 Å². The van der Waals surface area contributed by atoms with E-state index in [1.54, 1.807) is 6.20 Å². The van der Waals surface area contributed by atoms with Gasteiger partial charge < -0.3 is 9.80 Å². The lowest BCUT2D eigenvalue weighted by molar-refractivity contribution is 0.0691. The number of likely N-dealkylation sites (tertiary alicyclic amines) is 1. The number of benzene rings is 1. The van der Waals surface area contributed by atoms with Crippen molar-refractivity contribution in [2.45, 2.75) is 32.1 Å². The maximum atomic E-state index is 13.1. The predicted molar refractivity (Wildman–Crippen MR) is 104 cm³/mol. The van der Waals surface area contributed by atoms with E-state index in [-0.39, 0.29) is 5.91 Å². The first-order valence-corrected chi connectivity index (χ1v) is 9.84. The molecule has 0 unspecified atom stereocenters. The minimum Gasteiger partial charge on any atom is -0.356 e. The Labute approximate surface area is 155 Å². The second-order valence-electron chi connectivity index (χ2n) is 7.49. The lowest BCUT2D eigenvalue weighted by Crippen LogP contribution is -2.39. The maximum Gasteiger partial charge on any atom is 0.257 e. The summed E-state index contributed by atoms with van der Waals surface area (Å²) in [7, 11) is 0. The smallest absolute Gasteiger partial charge is 0.257 e. The van der Waals surface area contributed by atoms with E-state index in [9.17, 15) is 4.79 Å². The van der Waals surface area contributed by atoms with Crippen LogP contribution in [0.2, 0.25) is 0 Å². The van der Waals surface area contributed by atoms with Crippen LogP contribution in [0.4, 0.5) is 5.82 Å². The van der Waals surface area contributed by atoms with Crippen molar-refractivity contribution in [3.8, 4) is 0 Å². The van der Waals surface area contributed by atoms with Crippen LogP contribution in [-0.4, -0.2) is 42.0 Å². The van der Waals surface area contributed by atoms with Gasteiger partial charge in [-0.05, 0) is 55.7 Å². The van der Waals surface area contributed by atoms with Gasteiger partial charge in [-0.1, -0.05) is 30.3 Å². The van der Waals surface area contributed by atoms with Crippen LogP contribution in [0, 0.1) is 5.92 Å². The van der Waals surface area contributed by atoms with Gasteiger partial charge >= 0.3 is 0 Å². The highest BCUT2D eigenvalue weighted by Crippen LogP contribution is 2.26. The number of anilines is 1. The number of hydrogen-bond acceptors (Lipinski definition) is 3. The van der Waals surface area contributed by atoms with Crippen LogP contribution in [0.15, 0.2) is 48.7 Å². The fourth-order valence-corrected chi connectivity index (χ4v) is 4.20. The van der Waals surface area contributed by atoms with Gasteiger partial charge in [0, 0.05) is 32.4 Å². The molecular formula is C22H27N3O. The van der Waals surface area contributed by atoms with Crippen molar-refractivity contribution < 1.29 is 4.79 Å². The number of pyridine rings is 1. The standard InChI is InChI=1S/C22H27N3O/c26-22(20-9-6-12-23-21(20)24-13-4-5-14-24)25-15-10-19(11-16-25)17-18-7-2-1-3-8-18/h1-3,6-9,12,19H,4-5,10-11,13-17H2. The zero-order valence-corrected chi connectivity index (χ0v) is 15.3. The number of nitrogens with zero attached hydrogens (tertiary/aromatic N) is 3. The van der Waals surface area contributed by atoms with Crippen LogP contribution >= 0.6 is 0 Å². The maximum absolute atomic E-state index is 13.1. The summed E-state index contributed by atoms with van der Waals surface area (Å²) in [5.74, 6) is 1.70. The van der Waals surface area contributed by atoms with E-state index in [1.807, 2.05) is 17.0 Å². The number of aromatic nitrogens is 1. The molecule has 0 aliphatic carbocycles. The molecule has 1 aromatic heterocycles. The average Bonchev–Trinajstić information content (AvgIpc) is 3.24. The van der Waals surface area contributed by atoms with Crippen LogP contribution in [0.25, 0.3) is 0 Å². The van der Waals surface area contributed by atoms with Gasteiger partial charge in [-0.25, -0.2) is 4.98 Å². The average molecular weight is 349 g/mol. The molecule has 0 atom stereocenters. The second kappa shape index (κ2) is 7.90. The first kappa shape index (κ1) is 17.1. The quantitative estimate of drug-likeness (QED) is 0.843. The Morgan fingerprint density at radius 1 is 0.962 bits per heavy atom. The Bertz CT molecular complexity index is 732. The van der Waals surface area contributed by atoms with Crippen LogP contribution in [0.5, 0.6) is 0 Å². The van der Waals surface area contributed by atoms with Crippen molar-refractivity contribution in [2.75, 3.05) is 31.1 Å². The van der Waals surface area contributed by atoms with Crippen LogP contribution in [0.3, 0.4) is 0 Å². The third-order valence-corrected chi connectivity index (χ3v) is 5.69. The van der Waals surface area contributed by atoms with Gasteiger partial charge in [-0.15, -0.1) is 0 Å². The summed E-state index contributed by atoms with van der Waals surface area (Å²) in [6.07, 6.45) is 7.47. The Morgan fingerprint density at radius 2 is 1.69 bits per heavy atom. The predicted octanol–water partition coefficient (Wildman–Crippen LogP) is 3.78. The molecule has 0 radical (unpaired) electrons. The van der Waals surface area contributed by atoms with Crippen LogP contribution in [-0.2, 0) is 6.42 Å². The zero-order valence-electron chi connectivity index (χ0n) is 15.3. The lowest BCUT2D eigenvalue weighted by Gasteiger charge is -2.33. The molecule has 0 saturated carbocycles. The molecule has 2 aromatic rings. The van der Waals surface area contributed by atoms with Gasteiger partial charge in [0.25, 0.3) is 5.91 Å². The van der Waals surface area contributed by atoms with Gasteiger partial charge in [0.2, 0.25) is 0 Å². The summed E-state index contributed by atoms with van der Waals surface area (Å²) < 4.78 is 0. The molecule has 26 heavy (non-hydrogen) atoms. The topological polar surface area (TPSA) is 36.4 Å². The Morgan fingerprint density at radius 3 is 2.42 bits per heavy atom.